The molecule has 0 radical (unpaired) electrons. The summed E-state index contributed by atoms with van der Waals surface area (Å²) in [5.74, 6) is -0.0358. The second-order valence-electron chi connectivity index (χ2n) is 4.88. The van der Waals surface area contributed by atoms with Crippen LogP contribution in [0.15, 0.2) is 30.9 Å². The second kappa shape index (κ2) is 6.59. The number of hydrogen-bond donors (Lipinski definition) is 3. The van der Waals surface area contributed by atoms with Crippen molar-refractivity contribution in [2.75, 3.05) is 26.2 Å². The molecule has 0 bridgehead atoms. The molecule has 1 fully saturated rings. The predicted octanol–water partition coefficient (Wildman–Crippen LogP) is 2.01. The molecular formula is C15H22N2O2. The highest BCUT2D eigenvalue weighted by Gasteiger charge is 2.24. The number of para-hydroxylation sites is 1. The summed E-state index contributed by atoms with van der Waals surface area (Å²) in [5.41, 5.74) is 0.809. The number of hydrogen-bond acceptors (Lipinski definition) is 4. The molecule has 1 saturated heterocycles. The van der Waals surface area contributed by atoms with Crippen molar-refractivity contribution in [3.8, 4) is 11.5 Å². The van der Waals surface area contributed by atoms with Gasteiger partial charge in [0.1, 0.15) is 0 Å². The zero-order chi connectivity index (χ0) is 13.7. The zero-order valence-corrected chi connectivity index (χ0v) is 11.2. The van der Waals surface area contributed by atoms with Crippen LogP contribution in [0.2, 0.25) is 0 Å². The molecule has 1 aliphatic rings. The van der Waals surface area contributed by atoms with Crippen molar-refractivity contribution >= 4 is 0 Å². The van der Waals surface area contributed by atoms with Crippen LogP contribution in [0.4, 0.5) is 0 Å². The van der Waals surface area contributed by atoms with Crippen molar-refractivity contribution in [1.29, 1.82) is 0 Å². The van der Waals surface area contributed by atoms with Gasteiger partial charge in [0.2, 0.25) is 0 Å². The van der Waals surface area contributed by atoms with Gasteiger partial charge in [0.15, 0.2) is 11.5 Å². The van der Waals surface area contributed by atoms with E-state index in [4.69, 9.17) is 0 Å². The van der Waals surface area contributed by atoms with Gasteiger partial charge in [0, 0.05) is 37.8 Å². The summed E-state index contributed by atoms with van der Waals surface area (Å²) in [6.45, 7) is 7.60. The summed E-state index contributed by atoms with van der Waals surface area (Å²) in [7, 11) is 0. The minimum atomic E-state index is -0.0452. The molecule has 1 aliphatic heterocycles. The number of allylic oxidation sites excluding steroid dienone is 1. The van der Waals surface area contributed by atoms with E-state index in [1.165, 1.54) is 6.07 Å². The summed E-state index contributed by atoms with van der Waals surface area (Å²) < 4.78 is 0. The maximum atomic E-state index is 10.1. The number of phenolic OH excluding ortho intramolecular Hbond substituents is 2. The fraction of sp³-hybridized carbons (Fsp3) is 0.467. The standard InChI is InChI=1S/C15H22N2O2/c1-2-3-6-13(17-10-8-16-9-11-17)12-5-4-7-14(18)15(12)19/h2,4-5,7,13,16,18-19H,1,3,6,8-11H2/t13-/m0/s1. The Morgan fingerprint density at radius 1 is 1.32 bits per heavy atom. The summed E-state index contributed by atoms with van der Waals surface area (Å²) in [6, 6.07) is 5.33. The van der Waals surface area contributed by atoms with E-state index in [1.807, 2.05) is 12.1 Å². The quantitative estimate of drug-likeness (QED) is 0.561. The summed E-state index contributed by atoms with van der Waals surface area (Å²) in [4.78, 5) is 2.36. The Bertz CT molecular complexity index is 428. The normalized spacial score (nSPS) is 18.1. The molecule has 4 nitrogen and oxygen atoms in total. The first kappa shape index (κ1) is 13.9. The molecule has 4 heteroatoms. The highest BCUT2D eigenvalue weighted by Crippen LogP contribution is 2.37. The summed E-state index contributed by atoms with van der Waals surface area (Å²) in [5, 5.41) is 23.1. The molecule has 0 spiro atoms. The van der Waals surface area contributed by atoms with Crippen LogP contribution in [0.1, 0.15) is 24.4 Å². The Morgan fingerprint density at radius 2 is 2.05 bits per heavy atom. The van der Waals surface area contributed by atoms with Crippen LogP contribution in [0, 0.1) is 0 Å². The third-order valence-corrected chi connectivity index (χ3v) is 3.64. The Balaban J connectivity index is 2.24. The van der Waals surface area contributed by atoms with Gasteiger partial charge in [-0.2, -0.15) is 0 Å². The van der Waals surface area contributed by atoms with Gasteiger partial charge in [-0.1, -0.05) is 18.2 Å². The van der Waals surface area contributed by atoms with Crippen LogP contribution in [-0.2, 0) is 0 Å². The van der Waals surface area contributed by atoms with Gasteiger partial charge in [0.05, 0.1) is 0 Å². The van der Waals surface area contributed by atoms with Crippen LogP contribution >= 0.6 is 0 Å². The molecule has 0 unspecified atom stereocenters. The van der Waals surface area contributed by atoms with Crippen molar-refractivity contribution < 1.29 is 10.2 Å². The molecule has 2 rings (SSSR count). The molecule has 1 aromatic rings. The summed E-state index contributed by atoms with van der Waals surface area (Å²) in [6.07, 6.45) is 3.69. The molecule has 0 aromatic heterocycles. The van der Waals surface area contributed by atoms with E-state index in [1.54, 1.807) is 6.07 Å². The number of aromatic hydroxyl groups is 2. The first-order chi connectivity index (χ1) is 9.24. The fourth-order valence-corrected chi connectivity index (χ4v) is 2.62. The maximum Gasteiger partial charge on any atom is 0.162 e. The highest BCUT2D eigenvalue weighted by molar-refractivity contribution is 5.46. The third kappa shape index (κ3) is 3.28. The van der Waals surface area contributed by atoms with Gasteiger partial charge in [-0.25, -0.2) is 0 Å². The topological polar surface area (TPSA) is 55.7 Å². The van der Waals surface area contributed by atoms with E-state index in [0.717, 1.165) is 44.6 Å². The van der Waals surface area contributed by atoms with Crippen molar-refractivity contribution in [2.45, 2.75) is 18.9 Å². The molecule has 104 valence electrons. The Hall–Kier alpha value is -1.52. The molecule has 1 heterocycles. The summed E-state index contributed by atoms with van der Waals surface area (Å²) >= 11 is 0. The van der Waals surface area contributed by atoms with Crippen molar-refractivity contribution in [1.82, 2.24) is 10.2 Å². The van der Waals surface area contributed by atoms with Crippen LogP contribution in [0.25, 0.3) is 0 Å². The van der Waals surface area contributed by atoms with E-state index in [-0.39, 0.29) is 17.5 Å². The first-order valence-corrected chi connectivity index (χ1v) is 6.80. The number of nitrogens with one attached hydrogen (secondary N) is 1. The minimum absolute atomic E-state index is 0.00935. The Morgan fingerprint density at radius 3 is 2.74 bits per heavy atom. The largest absolute Gasteiger partial charge is 0.504 e. The molecular weight excluding hydrogens is 240 g/mol. The zero-order valence-electron chi connectivity index (χ0n) is 11.2. The van der Waals surface area contributed by atoms with E-state index >= 15 is 0 Å². The molecule has 0 amide bonds. The van der Waals surface area contributed by atoms with Crippen molar-refractivity contribution in [3.05, 3.63) is 36.4 Å². The average molecular weight is 262 g/mol. The molecule has 1 atom stereocenters. The number of benzene rings is 1. The fourth-order valence-electron chi connectivity index (χ4n) is 2.62. The predicted molar refractivity (Wildman–Crippen MR) is 76.4 cm³/mol. The van der Waals surface area contributed by atoms with Gasteiger partial charge >= 0.3 is 0 Å². The first-order valence-electron chi connectivity index (χ1n) is 6.80. The van der Waals surface area contributed by atoms with Gasteiger partial charge in [-0.15, -0.1) is 6.58 Å². The second-order valence-corrected chi connectivity index (χ2v) is 4.88. The van der Waals surface area contributed by atoms with Crippen LogP contribution in [-0.4, -0.2) is 41.3 Å². The lowest BCUT2D eigenvalue weighted by atomic mass is 9.98. The highest BCUT2D eigenvalue weighted by atomic mass is 16.3. The Labute approximate surface area is 114 Å². The minimum Gasteiger partial charge on any atom is -0.504 e. The van der Waals surface area contributed by atoms with Crippen LogP contribution in [0.3, 0.4) is 0 Å². The monoisotopic (exact) mass is 262 g/mol. The van der Waals surface area contributed by atoms with Gasteiger partial charge in [-0.3, -0.25) is 4.90 Å². The van der Waals surface area contributed by atoms with Gasteiger partial charge in [0.25, 0.3) is 0 Å². The number of nitrogens with zero attached hydrogens (tertiary/aromatic N) is 1. The lowest BCUT2D eigenvalue weighted by Crippen LogP contribution is -2.45. The van der Waals surface area contributed by atoms with E-state index in [2.05, 4.69) is 16.8 Å². The molecule has 0 saturated carbocycles. The molecule has 1 aromatic carbocycles. The SMILES string of the molecule is C=CCC[C@@H](c1cccc(O)c1O)N1CCNCC1. The molecule has 0 aliphatic carbocycles. The van der Waals surface area contributed by atoms with Crippen LogP contribution < -0.4 is 5.32 Å². The molecule has 19 heavy (non-hydrogen) atoms. The molecule has 3 N–H and O–H groups in total. The van der Waals surface area contributed by atoms with Gasteiger partial charge in [-0.05, 0) is 18.9 Å². The number of piperazine rings is 1. The van der Waals surface area contributed by atoms with Crippen molar-refractivity contribution in [3.63, 3.8) is 0 Å². The van der Waals surface area contributed by atoms with E-state index in [0.29, 0.717) is 0 Å². The van der Waals surface area contributed by atoms with E-state index < -0.39 is 0 Å². The maximum absolute atomic E-state index is 10.1. The third-order valence-electron chi connectivity index (χ3n) is 3.64. The van der Waals surface area contributed by atoms with Crippen molar-refractivity contribution in [2.24, 2.45) is 0 Å². The Kier molecular flexibility index (Phi) is 4.82. The lowest BCUT2D eigenvalue weighted by Gasteiger charge is -2.35. The average Bonchev–Trinajstić information content (AvgIpc) is 2.45. The lowest BCUT2D eigenvalue weighted by molar-refractivity contribution is 0.163. The van der Waals surface area contributed by atoms with E-state index in [9.17, 15) is 10.2 Å². The number of rotatable bonds is 5. The number of phenols is 2. The van der Waals surface area contributed by atoms with Crippen LogP contribution in [0.5, 0.6) is 11.5 Å². The smallest absolute Gasteiger partial charge is 0.162 e. The van der Waals surface area contributed by atoms with Gasteiger partial charge < -0.3 is 15.5 Å².